The van der Waals surface area contributed by atoms with Gasteiger partial charge in [-0.05, 0) is 24.6 Å². The zero-order valence-corrected chi connectivity index (χ0v) is 12.8. The van der Waals surface area contributed by atoms with Gasteiger partial charge in [0, 0.05) is 30.8 Å². The maximum absolute atomic E-state index is 13.8. The highest BCUT2D eigenvalue weighted by atomic mass is 19.1. The molecule has 1 N–H and O–H groups in total. The summed E-state index contributed by atoms with van der Waals surface area (Å²) in [5.74, 6) is -0.216. The number of hydrogen-bond donors (Lipinski definition) is 1. The van der Waals surface area contributed by atoms with E-state index in [2.05, 4.69) is 31.2 Å². The fourth-order valence-corrected chi connectivity index (χ4v) is 2.25. The van der Waals surface area contributed by atoms with Crippen molar-refractivity contribution in [1.82, 2.24) is 9.78 Å². The molecule has 1 aromatic carbocycles. The number of aryl methyl sites for hydroxylation is 2. The number of benzene rings is 1. The molecule has 0 atom stereocenters. The van der Waals surface area contributed by atoms with Gasteiger partial charge in [-0.15, -0.1) is 0 Å². The number of hydrogen-bond acceptors (Lipinski definition) is 2. The molecule has 0 unspecified atom stereocenters. The SMILES string of the molecule is Cc1ccc(NCc2cn(C)nc2C(C)(C)C)c(F)c1. The van der Waals surface area contributed by atoms with Crippen molar-refractivity contribution < 1.29 is 4.39 Å². The highest BCUT2D eigenvalue weighted by Gasteiger charge is 2.21. The standard InChI is InChI=1S/C16H22FN3/c1-11-6-7-14(13(17)8-11)18-9-12-10-20(5)19-15(12)16(2,3)4/h6-8,10,18H,9H2,1-5H3. The Bertz CT molecular complexity index is 609. The molecule has 1 aromatic heterocycles. The normalized spacial score (nSPS) is 11.7. The van der Waals surface area contributed by atoms with Gasteiger partial charge in [-0.25, -0.2) is 4.39 Å². The summed E-state index contributed by atoms with van der Waals surface area (Å²) in [5.41, 5.74) is 3.56. The van der Waals surface area contributed by atoms with Crippen molar-refractivity contribution in [2.45, 2.75) is 39.7 Å². The summed E-state index contributed by atoms with van der Waals surface area (Å²) in [5, 5.41) is 7.67. The molecule has 0 spiro atoms. The quantitative estimate of drug-likeness (QED) is 0.924. The van der Waals surface area contributed by atoms with E-state index in [1.54, 1.807) is 6.07 Å². The van der Waals surface area contributed by atoms with Crippen molar-refractivity contribution in [3.63, 3.8) is 0 Å². The monoisotopic (exact) mass is 275 g/mol. The van der Waals surface area contributed by atoms with Crippen molar-refractivity contribution in [2.24, 2.45) is 7.05 Å². The molecule has 108 valence electrons. The van der Waals surface area contributed by atoms with Crippen LogP contribution in [0.1, 0.15) is 37.6 Å². The minimum absolute atomic E-state index is 0.0237. The average molecular weight is 275 g/mol. The lowest BCUT2D eigenvalue weighted by Crippen LogP contribution is -2.16. The Morgan fingerprint density at radius 3 is 2.60 bits per heavy atom. The first-order chi connectivity index (χ1) is 9.27. The van der Waals surface area contributed by atoms with Gasteiger partial charge in [0.2, 0.25) is 0 Å². The first-order valence-electron chi connectivity index (χ1n) is 6.80. The van der Waals surface area contributed by atoms with E-state index in [9.17, 15) is 4.39 Å². The molecule has 1 heterocycles. The molecule has 0 aliphatic heterocycles. The third-order valence-electron chi connectivity index (χ3n) is 3.21. The lowest BCUT2D eigenvalue weighted by Gasteiger charge is -2.18. The number of aromatic nitrogens is 2. The Balaban J connectivity index is 2.19. The van der Waals surface area contributed by atoms with Gasteiger partial charge in [0.05, 0.1) is 11.4 Å². The van der Waals surface area contributed by atoms with Crippen molar-refractivity contribution >= 4 is 5.69 Å². The molecule has 3 nitrogen and oxygen atoms in total. The minimum Gasteiger partial charge on any atom is -0.378 e. The van der Waals surface area contributed by atoms with E-state index in [1.165, 1.54) is 6.07 Å². The van der Waals surface area contributed by atoms with Crippen LogP contribution >= 0.6 is 0 Å². The molecule has 20 heavy (non-hydrogen) atoms. The molecular weight excluding hydrogens is 253 g/mol. The van der Waals surface area contributed by atoms with E-state index in [0.29, 0.717) is 12.2 Å². The van der Waals surface area contributed by atoms with Gasteiger partial charge < -0.3 is 5.32 Å². The van der Waals surface area contributed by atoms with Crippen LogP contribution in [0.3, 0.4) is 0 Å². The number of rotatable bonds is 3. The van der Waals surface area contributed by atoms with Crippen molar-refractivity contribution in [2.75, 3.05) is 5.32 Å². The summed E-state index contributed by atoms with van der Waals surface area (Å²) >= 11 is 0. The van der Waals surface area contributed by atoms with E-state index < -0.39 is 0 Å². The molecule has 2 aromatic rings. The van der Waals surface area contributed by atoms with Gasteiger partial charge >= 0.3 is 0 Å². The van der Waals surface area contributed by atoms with Crippen LogP contribution in [0, 0.1) is 12.7 Å². The highest BCUT2D eigenvalue weighted by Crippen LogP contribution is 2.25. The Kier molecular flexibility index (Phi) is 3.84. The molecule has 2 rings (SSSR count). The summed E-state index contributed by atoms with van der Waals surface area (Å²) in [4.78, 5) is 0. The Labute approximate surface area is 119 Å². The van der Waals surface area contributed by atoms with E-state index in [4.69, 9.17) is 0 Å². The predicted molar refractivity (Wildman–Crippen MR) is 80.4 cm³/mol. The highest BCUT2D eigenvalue weighted by molar-refractivity contribution is 5.47. The van der Waals surface area contributed by atoms with Crippen molar-refractivity contribution in [3.05, 3.63) is 47.0 Å². The van der Waals surface area contributed by atoms with E-state index in [0.717, 1.165) is 16.8 Å². The first kappa shape index (κ1) is 14.6. The predicted octanol–water partition coefficient (Wildman–Crippen LogP) is 3.78. The Morgan fingerprint density at radius 2 is 2.00 bits per heavy atom. The number of nitrogens with one attached hydrogen (secondary N) is 1. The fraction of sp³-hybridized carbons (Fsp3) is 0.438. The lowest BCUT2D eigenvalue weighted by atomic mass is 9.89. The number of nitrogens with zero attached hydrogens (tertiary/aromatic N) is 2. The van der Waals surface area contributed by atoms with Gasteiger partial charge in [0.25, 0.3) is 0 Å². The topological polar surface area (TPSA) is 29.9 Å². The van der Waals surface area contributed by atoms with E-state index >= 15 is 0 Å². The molecule has 0 radical (unpaired) electrons. The molecule has 0 bridgehead atoms. The number of anilines is 1. The molecule has 4 heteroatoms. The molecule has 0 saturated heterocycles. The van der Waals surface area contributed by atoms with Crippen LogP contribution in [0.15, 0.2) is 24.4 Å². The second-order valence-electron chi connectivity index (χ2n) is 6.26. The zero-order chi connectivity index (χ0) is 14.9. The first-order valence-corrected chi connectivity index (χ1v) is 6.80. The average Bonchev–Trinajstić information content (AvgIpc) is 2.69. The lowest BCUT2D eigenvalue weighted by molar-refractivity contribution is 0.549. The third kappa shape index (κ3) is 3.18. The molecule has 0 aliphatic rings. The van der Waals surface area contributed by atoms with Gasteiger partial charge in [-0.1, -0.05) is 26.8 Å². The molecule has 0 fully saturated rings. The number of halogens is 1. The maximum atomic E-state index is 13.8. The largest absolute Gasteiger partial charge is 0.378 e. The van der Waals surface area contributed by atoms with Crippen LogP contribution in [0.4, 0.5) is 10.1 Å². The molecule has 0 aliphatic carbocycles. The van der Waals surface area contributed by atoms with E-state index in [-0.39, 0.29) is 11.2 Å². The van der Waals surface area contributed by atoms with Gasteiger partial charge in [0.15, 0.2) is 0 Å². The van der Waals surface area contributed by atoms with Gasteiger partial charge in [0.1, 0.15) is 5.82 Å². The van der Waals surface area contributed by atoms with Crippen LogP contribution in [0.5, 0.6) is 0 Å². The van der Waals surface area contributed by atoms with Crippen LogP contribution in [0.2, 0.25) is 0 Å². The van der Waals surface area contributed by atoms with Crippen LogP contribution < -0.4 is 5.32 Å². The second kappa shape index (κ2) is 5.27. The van der Waals surface area contributed by atoms with Crippen LogP contribution in [0.25, 0.3) is 0 Å². The van der Waals surface area contributed by atoms with Crippen LogP contribution in [-0.4, -0.2) is 9.78 Å². The smallest absolute Gasteiger partial charge is 0.146 e. The minimum atomic E-state index is -0.216. The third-order valence-corrected chi connectivity index (χ3v) is 3.21. The maximum Gasteiger partial charge on any atom is 0.146 e. The Morgan fingerprint density at radius 1 is 1.30 bits per heavy atom. The summed E-state index contributed by atoms with van der Waals surface area (Å²) < 4.78 is 15.6. The van der Waals surface area contributed by atoms with Crippen molar-refractivity contribution in [3.8, 4) is 0 Å². The summed E-state index contributed by atoms with van der Waals surface area (Å²) in [6.07, 6.45) is 1.99. The van der Waals surface area contributed by atoms with Gasteiger partial charge in [-0.3, -0.25) is 4.68 Å². The fourth-order valence-electron chi connectivity index (χ4n) is 2.25. The molecule has 0 saturated carbocycles. The van der Waals surface area contributed by atoms with Crippen molar-refractivity contribution in [1.29, 1.82) is 0 Å². The van der Waals surface area contributed by atoms with E-state index in [1.807, 2.05) is 30.9 Å². The summed E-state index contributed by atoms with van der Waals surface area (Å²) in [6.45, 7) is 8.84. The zero-order valence-electron chi connectivity index (χ0n) is 12.8. The molecular formula is C16H22FN3. The summed E-state index contributed by atoms with van der Waals surface area (Å²) in [7, 11) is 1.91. The molecule has 0 amide bonds. The van der Waals surface area contributed by atoms with Gasteiger partial charge in [-0.2, -0.15) is 5.10 Å². The summed E-state index contributed by atoms with van der Waals surface area (Å²) in [6, 6.07) is 5.22. The van der Waals surface area contributed by atoms with Crippen LogP contribution in [-0.2, 0) is 19.0 Å². The second-order valence-corrected chi connectivity index (χ2v) is 6.26. The Hall–Kier alpha value is -1.84.